The monoisotopic (exact) mass is 345 g/mol. The molecule has 1 amide bonds. The third-order valence-corrected chi connectivity index (χ3v) is 3.96. The highest BCUT2D eigenvalue weighted by molar-refractivity contribution is 6.30. The number of halogens is 1. The van der Waals surface area contributed by atoms with Crippen molar-refractivity contribution < 1.29 is 4.79 Å². The maximum absolute atomic E-state index is 12.7. The van der Waals surface area contributed by atoms with E-state index in [9.17, 15) is 4.79 Å². The smallest absolute Gasteiger partial charge is 0.272 e. The van der Waals surface area contributed by atoms with Gasteiger partial charge in [0.15, 0.2) is 0 Å². The lowest BCUT2D eigenvalue weighted by molar-refractivity contribution is 0.0749. The molecule has 5 heteroatoms. The SMILES string of the molecule is CCCN(CCC)C(=O)c1cc(Nc2ccc(Cl)cc2C)ccn1. The molecule has 0 radical (unpaired) electrons. The highest BCUT2D eigenvalue weighted by Gasteiger charge is 2.16. The van der Waals surface area contributed by atoms with Crippen molar-refractivity contribution in [3.8, 4) is 0 Å². The van der Waals surface area contributed by atoms with Crippen molar-refractivity contribution in [3.05, 3.63) is 52.8 Å². The molecule has 0 bridgehead atoms. The Bertz CT molecular complexity index is 697. The van der Waals surface area contributed by atoms with Gasteiger partial charge in [0.2, 0.25) is 0 Å². The quantitative estimate of drug-likeness (QED) is 0.763. The van der Waals surface area contributed by atoms with Crippen molar-refractivity contribution in [2.24, 2.45) is 0 Å². The van der Waals surface area contributed by atoms with E-state index in [1.807, 2.05) is 36.1 Å². The van der Waals surface area contributed by atoms with Crippen LogP contribution >= 0.6 is 11.6 Å². The first kappa shape index (κ1) is 18.3. The van der Waals surface area contributed by atoms with E-state index in [4.69, 9.17) is 11.6 Å². The van der Waals surface area contributed by atoms with Crippen LogP contribution in [0, 0.1) is 6.92 Å². The van der Waals surface area contributed by atoms with Gasteiger partial charge in [-0.25, -0.2) is 0 Å². The minimum Gasteiger partial charge on any atom is -0.355 e. The zero-order valence-electron chi connectivity index (χ0n) is 14.5. The van der Waals surface area contributed by atoms with E-state index in [1.165, 1.54) is 0 Å². The predicted octanol–water partition coefficient (Wildman–Crippen LogP) is 5.05. The van der Waals surface area contributed by atoms with Crippen LogP contribution in [0.4, 0.5) is 11.4 Å². The third kappa shape index (κ3) is 4.71. The van der Waals surface area contributed by atoms with Crippen LogP contribution in [0.2, 0.25) is 5.02 Å². The van der Waals surface area contributed by atoms with Crippen LogP contribution in [-0.4, -0.2) is 28.9 Å². The van der Waals surface area contributed by atoms with Gasteiger partial charge in [0.05, 0.1) is 0 Å². The summed E-state index contributed by atoms with van der Waals surface area (Å²) in [6, 6.07) is 9.33. The number of pyridine rings is 1. The number of aryl methyl sites for hydroxylation is 1. The summed E-state index contributed by atoms with van der Waals surface area (Å²) in [5, 5.41) is 4.04. The molecule has 0 unspecified atom stereocenters. The number of aromatic nitrogens is 1. The zero-order valence-corrected chi connectivity index (χ0v) is 15.2. The lowest BCUT2D eigenvalue weighted by Gasteiger charge is -2.21. The standard InChI is InChI=1S/C19H24ClN3O/c1-4-10-23(11-5-2)19(24)18-13-16(8-9-21-18)22-17-7-6-15(20)12-14(17)3/h6-9,12-13H,4-5,10-11H2,1-3H3,(H,21,22). The van der Waals surface area contributed by atoms with Gasteiger partial charge in [-0.1, -0.05) is 25.4 Å². The first-order valence-electron chi connectivity index (χ1n) is 8.33. The Labute approximate surface area is 148 Å². The number of nitrogens with one attached hydrogen (secondary N) is 1. The molecule has 1 aromatic carbocycles. The lowest BCUT2D eigenvalue weighted by atomic mass is 10.2. The Hall–Kier alpha value is -2.07. The maximum atomic E-state index is 12.7. The van der Waals surface area contributed by atoms with Gasteiger partial charge in [-0.3, -0.25) is 9.78 Å². The Morgan fingerprint density at radius 1 is 1.17 bits per heavy atom. The fraction of sp³-hybridized carbons (Fsp3) is 0.368. The molecule has 0 saturated heterocycles. The van der Waals surface area contributed by atoms with Crippen molar-refractivity contribution in [1.82, 2.24) is 9.88 Å². The fourth-order valence-electron chi connectivity index (χ4n) is 2.56. The first-order chi connectivity index (χ1) is 11.5. The molecule has 2 rings (SSSR count). The molecule has 0 fully saturated rings. The number of carbonyl (C=O) groups is 1. The number of rotatable bonds is 7. The average Bonchev–Trinajstić information content (AvgIpc) is 2.57. The number of nitrogens with zero attached hydrogens (tertiary/aromatic N) is 2. The summed E-state index contributed by atoms with van der Waals surface area (Å²) in [5.74, 6) is -0.0184. The third-order valence-electron chi connectivity index (χ3n) is 3.72. The zero-order chi connectivity index (χ0) is 17.5. The Morgan fingerprint density at radius 3 is 2.50 bits per heavy atom. The summed E-state index contributed by atoms with van der Waals surface area (Å²) in [4.78, 5) is 18.8. The van der Waals surface area contributed by atoms with E-state index < -0.39 is 0 Å². The summed E-state index contributed by atoms with van der Waals surface area (Å²) in [6.45, 7) is 7.64. The summed E-state index contributed by atoms with van der Waals surface area (Å²) in [7, 11) is 0. The largest absolute Gasteiger partial charge is 0.355 e. The molecule has 1 aromatic heterocycles. The fourth-order valence-corrected chi connectivity index (χ4v) is 2.79. The van der Waals surface area contributed by atoms with Crippen molar-refractivity contribution in [1.29, 1.82) is 0 Å². The predicted molar refractivity (Wildman–Crippen MR) is 100 cm³/mol. The number of hydrogen-bond donors (Lipinski definition) is 1. The van der Waals surface area contributed by atoms with Gasteiger partial charge in [-0.15, -0.1) is 0 Å². The van der Waals surface area contributed by atoms with Crippen LogP contribution in [0.5, 0.6) is 0 Å². The minimum absolute atomic E-state index is 0.0184. The molecular weight excluding hydrogens is 322 g/mol. The summed E-state index contributed by atoms with van der Waals surface area (Å²) >= 11 is 5.99. The van der Waals surface area contributed by atoms with Crippen LogP contribution in [0.15, 0.2) is 36.5 Å². The molecule has 1 heterocycles. The van der Waals surface area contributed by atoms with Crippen LogP contribution in [0.25, 0.3) is 0 Å². The second-order valence-corrected chi connectivity index (χ2v) is 6.24. The van der Waals surface area contributed by atoms with Crippen molar-refractivity contribution in [2.45, 2.75) is 33.6 Å². The number of carbonyl (C=O) groups excluding carboxylic acids is 1. The van der Waals surface area contributed by atoms with E-state index in [-0.39, 0.29) is 5.91 Å². The number of benzene rings is 1. The van der Waals surface area contributed by atoms with Gasteiger partial charge in [0.1, 0.15) is 5.69 Å². The highest BCUT2D eigenvalue weighted by atomic mass is 35.5. The Morgan fingerprint density at radius 2 is 1.88 bits per heavy atom. The van der Waals surface area contributed by atoms with Crippen molar-refractivity contribution in [2.75, 3.05) is 18.4 Å². The molecule has 4 nitrogen and oxygen atoms in total. The summed E-state index contributed by atoms with van der Waals surface area (Å²) in [5.41, 5.74) is 3.31. The Kier molecular flexibility index (Phi) is 6.62. The molecule has 0 saturated carbocycles. The minimum atomic E-state index is -0.0184. The van der Waals surface area contributed by atoms with E-state index in [0.29, 0.717) is 10.7 Å². The molecular formula is C19H24ClN3O. The van der Waals surface area contributed by atoms with E-state index in [1.54, 1.807) is 12.3 Å². The van der Waals surface area contributed by atoms with Gasteiger partial charge >= 0.3 is 0 Å². The molecule has 0 aliphatic heterocycles. The Balaban J connectivity index is 2.20. The molecule has 0 aliphatic rings. The van der Waals surface area contributed by atoms with E-state index in [2.05, 4.69) is 24.1 Å². The van der Waals surface area contributed by atoms with Gasteiger partial charge in [-0.05, 0) is 55.7 Å². The van der Waals surface area contributed by atoms with Gasteiger partial charge in [-0.2, -0.15) is 0 Å². The molecule has 2 aromatic rings. The normalized spacial score (nSPS) is 10.5. The molecule has 128 valence electrons. The van der Waals surface area contributed by atoms with E-state index in [0.717, 1.165) is 42.9 Å². The molecule has 1 N–H and O–H groups in total. The highest BCUT2D eigenvalue weighted by Crippen LogP contribution is 2.23. The molecule has 0 spiro atoms. The van der Waals surface area contributed by atoms with Gasteiger partial charge in [0.25, 0.3) is 5.91 Å². The second-order valence-electron chi connectivity index (χ2n) is 5.81. The topological polar surface area (TPSA) is 45.2 Å². The second kappa shape index (κ2) is 8.69. The molecule has 0 aliphatic carbocycles. The first-order valence-corrected chi connectivity index (χ1v) is 8.71. The molecule has 24 heavy (non-hydrogen) atoms. The van der Waals surface area contributed by atoms with Crippen LogP contribution in [-0.2, 0) is 0 Å². The summed E-state index contributed by atoms with van der Waals surface area (Å²) in [6.07, 6.45) is 3.54. The number of hydrogen-bond acceptors (Lipinski definition) is 3. The summed E-state index contributed by atoms with van der Waals surface area (Å²) < 4.78 is 0. The maximum Gasteiger partial charge on any atom is 0.272 e. The average molecular weight is 346 g/mol. The van der Waals surface area contributed by atoms with Crippen molar-refractivity contribution in [3.63, 3.8) is 0 Å². The van der Waals surface area contributed by atoms with Crippen LogP contribution in [0.3, 0.4) is 0 Å². The van der Waals surface area contributed by atoms with Gasteiger partial charge < -0.3 is 10.2 Å². The van der Waals surface area contributed by atoms with Crippen LogP contribution < -0.4 is 5.32 Å². The number of anilines is 2. The van der Waals surface area contributed by atoms with Crippen LogP contribution in [0.1, 0.15) is 42.7 Å². The van der Waals surface area contributed by atoms with Crippen molar-refractivity contribution >= 4 is 28.9 Å². The van der Waals surface area contributed by atoms with E-state index >= 15 is 0 Å². The van der Waals surface area contributed by atoms with Gasteiger partial charge in [0, 0.05) is 35.7 Å². The lowest BCUT2D eigenvalue weighted by Crippen LogP contribution is -2.33. The molecule has 0 atom stereocenters. The number of amides is 1.